The van der Waals surface area contributed by atoms with Crippen LogP contribution in [0.3, 0.4) is 0 Å². The van der Waals surface area contributed by atoms with Crippen LogP contribution < -0.4 is 10.6 Å². The summed E-state index contributed by atoms with van der Waals surface area (Å²) < 4.78 is 1.77. The maximum absolute atomic E-state index is 12.4. The van der Waals surface area contributed by atoms with Gasteiger partial charge in [0.25, 0.3) is 5.91 Å². The number of carbonyl (C=O) groups excluding carboxylic acids is 1. The fourth-order valence-electron chi connectivity index (χ4n) is 3.31. The third-order valence-corrected chi connectivity index (χ3v) is 5.55. The van der Waals surface area contributed by atoms with Gasteiger partial charge in [-0.1, -0.05) is 35.5 Å². The highest BCUT2D eigenvalue weighted by atomic mass is 32.1. The first-order chi connectivity index (χ1) is 13.3. The SMILES string of the molecule is O=C(NCc1scnc1-c1ccccc1)c1cn(C[C@@H]2CCCNC2)nn1. The Labute approximate surface area is 161 Å². The average molecular weight is 382 g/mol. The summed E-state index contributed by atoms with van der Waals surface area (Å²) in [6.07, 6.45) is 4.10. The Balaban J connectivity index is 1.36. The van der Waals surface area contributed by atoms with Crippen LogP contribution in [0.25, 0.3) is 11.3 Å². The zero-order chi connectivity index (χ0) is 18.5. The van der Waals surface area contributed by atoms with E-state index in [0.29, 0.717) is 18.2 Å². The van der Waals surface area contributed by atoms with Crippen molar-refractivity contribution in [2.75, 3.05) is 13.1 Å². The molecule has 140 valence electrons. The topological polar surface area (TPSA) is 84.7 Å². The first kappa shape index (κ1) is 17.8. The van der Waals surface area contributed by atoms with E-state index in [1.165, 1.54) is 24.2 Å². The molecular formula is C19H22N6OS. The number of aromatic nitrogens is 4. The van der Waals surface area contributed by atoms with Crippen molar-refractivity contribution in [3.05, 3.63) is 52.6 Å². The molecule has 0 unspecified atom stereocenters. The monoisotopic (exact) mass is 382 g/mol. The third kappa shape index (κ3) is 4.40. The van der Waals surface area contributed by atoms with Gasteiger partial charge in [0.2, 0.25) is 0 Å². The number of hydrogen-bond acceptors (Lipinski definition) is 6. The molecule has 27 heavy (non-hydrogen) atoms. The molecule has 0 bridgehead atoms. The van der Waals surface area contributed by atoms with E-state index >= 15 is 0 Å². The molecule has 1 fully saturated rings. The fraction of sp³-hybridized carbons (Fsp3) is 0.368. The minimum Gasteiger partial charge on any atom is -0.346 e. The van der Waals surface area contributed by atoms with Crippen LogP contribution in [0.1, 0.15) is 28.2 Å². The molecule has 1 atom stereocenters. The van der Waals surface area contributed by atoms with Crippen molar-refractivity contribution in [2.45, 2.75) is 25.9 Å². The first-order valence-corrected chi connectivity index (χ1v) is 10.0. The maximum Gasteiger partial charge on any atom is 0.273 e. The molecule has 0 saturated carbocycles. The number of nitrogens with zero attached hydrogens (tertiary/aromatic N) is 4. The summed E-state index contributed by atoms with van der Waals surface area (Å²) in [5.74, 6) is 0.331. The van der Waals surface area contributed by atoms with Gasteiger partial charge in [-0.05, 0) is 31.8 Å². The summed E-state index contributed by atoms with van der Waals surface area (Å²) in [7, 11) is 0. The molecule has 1 aliphatic heterocycles. The lowest BCUT2D eigenvalue weighted by Crippen LogP contribution is -2.32. The largest absolute Gasteiger partial charge is 0.346 e. The molecule has 2 N–H and O–H groups in total. The van der Waals surface area contributed by atoms with Gasteiger partial charge in [0.05, 0.1) is 28.8 Å². The van der Waals surface area contributed by atoms with Gasteiger partial charge in [-0.3, -0.25) is 9.48 Å². The van der Waals surface area contributed by atoms with Crippen LogP contribution in [0.15, 0.2) is 42.0 Å². The van der Waals surface area contributed by atoms with E-state index in [0.717, 1.165) is 35.8 Å². The Morgan fingerprint density at radius 2 is 2.22 bits per heavy atom. The Kier molecular flexibility index (Phi) is 5.55. The van der Waals surface area contributed by atoms with Crippen molar-refractivity contribution in [3.8, 4) is 11.3 Å². The molecule has 3 aromatic rings. The molecular weight excluding hydrogens is 360 g/mol. The summed E-state index contributed by atoms with van der Waals surface area (Å²) >= 11 is 1.54. The van der Waals surface area contributed by atoms with Crippen LogP contribution in [0.5, 0.6) is 0 Å². The molecule has 0 radical (unpaired) electrons. The highest BCUT2D eigenvalue weighted by molar-refractivity contribution is 7.10. The van der Waals surface area contributed by atoms with E-state index in [1.54, 1.807) is 16.4 Å². The van der Waals surface area contributed by atoms with Crippen molar-refractivity contribution < 1.29 is 4.79 Å². The van der Waals surface area contributed by atoms with Crippen molar-refractivity contribution >= 4 is 17.2 Å². The number of rotatable bonds is 6. The van der Waals surface area contributed by atoms with Gasteiger partial charge in [0, 0.05) is 12.1 Å². The van der Waals surface area contributed by atoms with E-state index in [-0.39, 0.29) is 5.91 Å². The average Bonchev–Trinajstić information content (AvgIpc) is 3.37. The molecule has 0 aliphatic carbocycles. The first-order valence-electron chi connectivity index (χ1n) is 9.16. The van der Waals surface area contributed by atoms with Gasteiger partial charge in [0.15, 0.2) is 5.69 Å². The summed E-state index contributed by atoms with van der Waals surface area (Å²) in [6, 6.07) is 9.98. The van der Waals surface area contributed by atoms with Gasteiger partial charge in [0.1, 0.15) is 0 Å². The number of piperidine rings is 1. The van der Waals surface area contributed by atoms with E-state index in [1.807, 2.05) is 30.3 Å². The predicted molar refractivity (Wildman–Crippen MR) is 104 cm³/mol. The van der Waals surface area contributed by atoms with Gasteiger partial charge in [-0.15, -0.1) is 16.4 Å². The molecule has 1 aromatic carbocycles. The Morgan fingerprint density at radius 1 is 1.33 bits per heavy atom. The lowest BCUT2D eigenvalue weighted by molar-refractivity contribution is 0.0946. The number of hydrogen-bond donors (Lipinski definition) is 2. The maximum atomic E-state index is 12.4. The van der Waals surface area contributed by atoms with Crippen LogP contribution in [-0.2, 0) is 13.1 Å². The summed E-state index contributed by atoms with van der Waals surface area (Å²) in [5.41, 5.74) is 4.12. The van der Waals surface area contributed by atoms with E-state index in [9.17, 15) is 4.79 Å². The summed E-state index contributed by atoms with van der Waals surface area (Å²) in [5, 5.41) is 14.5. The summed E-state index contributed by atoms with van der Waals surface area (Å²) in [6.45, 7) is 3.30. The molecule has 7 nitrogen and oxygen atoms in total. The normalized spacial score (nSPS) is 17.0. The van der Waals surface area contributed by atoms with E-state index in [2.05, 4.69) is 25.9 Å². The Bertz CT molecular complexity index is 885. The van der Waals surface area contributed by atoms with Crippen LogP contribution in [-0.4, -0.2) is 39.0 Å². The Morgan fingerprint density at radius 3 is 3.04 bits per heavy atom. The standard InChI is InChI=1S/C19H22N6OS/c26-19(16-12-25(24-23-16)11-14-5-4-8-20-9-14)21-10-17-18(22-13-27-17)15-6-2-1-3-7-15/h1-3,6-7,12-14,20H,4-5,8-11H2,(H,21,26)/t14-/m1/s1. The second-order valence-corrected chi connectivity index (χ2v) is 7.65. The third-order valence-electron chi connectivity index (χ3n) is 4.71. The molecule has 1 amide bonds. The van der Waals surface area contributed by atoms with Gasteiger partial charge in [-0.2, -0.15) is 0 Å². The predicted octanol–water partition coefficient (Wildman–Crippen LogP) is 2.33. The van der Waals surface area contributed by atoms with Crippen LogP contribution in [0.2, 0.25) is 0 Å². The quantitative estimate of drug-likeness (QED) is 0.684. The minimum atomic E-state index is -0.213. The fourth-order valence-corrected chi connectivity index (χ4v) is 4.04. The van der Waals surface area contributed by atoms with Gasteiger partial charge < -0.3 is 10.6 Å². The van der Waals surface area contributed by atoms with E-state index < -0.39 is 0 Å². The van der Waals surface area contributed by atoms with Gasteiger partial charge in [-0.25, -0.2) is 4.98 Å². The molecule has 4 rings (SSSR count). The highest BCUT2D eigenvalue weighted by Crippen LogP contribution is 2.25. The van der Waals surface area contributed by atoms with Crippen LogP contribution >= 0.6 is 11.3 Å². The molecule has 1 saturated heterocycles. The lowest BCUT2D eigenvalue weighted by Gasteiger charge is -2.22. The summed E-state index contributed by atoms with van der Waals surface area (Å²) in [4.78, 5) is 17.9. The lowest BCUT2D eigenvalue weighted by atomic mass is 10.00. The molecule has 3 heterocycles. The van der Waals surface area contributed by atoms with Gasteiger partial charge >= 0.3 is 0 Å². The van der Waals surface area contributed by atoms with Crippen molar-refractivity contribution in [3.63, 3.8) is 0 Å². The van der Waals surface area contributed by atoms with Crippen LogP contribution in [0, 0.1) is 5.92 Å². The molecule has 2 aromatic heterocycles. The van der Waals surface area contributed by atoms with Crippen molar-refractivity contribution in [1.29, 1.82) is 0 Å². The van der Waals surface area contributed by atoms with Crippen molar-refractivity contribution in [2.24, 2.45) is 5.92 Å². The molecule has 0 spiro atoms. The number of benzene rings is 1. The van der Waals surface area contributed by atoms with Crippen molar-refractivity contribution in [1.82, 2.24) is 30.6 Å². The Hall–Kier alpha value is -2.58. The zero-order valence-electron chi connectivity index (χ0n) is 15.0. The molecule has 8 heteroatoms. The smallest absolute Gasteiger partial charge is 0.273 e. The number of carbonyl (C=O) groups is 1. The minimum absolute atomic E-state index is 0.213. The second-order valence-electron chi connectivity index (χ2n) is 6.71. The zero-order valence-corrected chi connectivity index (χ0v) is 15.8. The highest BCUT2D eigenvalue weighted by Gasteiger charge is 2.17. The number of thiazole rings is 1. The van der Waals surface area contributed by atoms with Crippen LogP contribution in [0.4, 0.5) is 0 Å². The molecule has 1 aliphatic rings. The second kappa shape index (κ2) is 8.41. The van der Waals surface area contributed by atoms with E-state index in [4.69, 9.17) is 0 Å². The number of amides is 1. The number of nitrogens with one attached hydrogen (secondary N) is 2.